The van der Waals surface area contributed by atoms with Crippen molar-refractivity contribution in [1.82, 2.24) is 0 Å². The fourth-order valence-electron chi connectivity index (χ4n) is 1.58. The minimum atomic E-state index is -8.69. The lowest BCUT2D eigenvalue weighted by Crippen LogP contribution is -2.75. The van der Waals surface area contributed by atoms with Crippen LogP contribution in [-0.4, -0.2) is 60.2 Å². The molecular formula is C11H4F17O2. The highest BCUT2D eigenvalue weighted by atomic mass is 19.4. The van der Waals surface area contributed by atoms with Crippen molar-refractivity contribution >= 4 is 6.47 Å². The van der Waals surface area contributed by atoms with E-state index >= 15 is 0 Å². The van der Waals surface area contributed by atoms with Gasteiger partial charge < -0.3 is 4.74 Å². The lowest BCUT2D eigenvalue weighted by atomic mass is 9.88. The minimum Gasteiger partial charge on any atom is -0.448 e. The molecule has 30 heavy (non-hydrogen) atoms. The third-order valence-corrected chi connectivity index (χ3v) is 3.48. The molecule has 179 valence electrons. The first-order valence-electron chi connectivity index (χ1n) is 6.47. The van der Waals surface area contributed by atoms with E-state index < -0.39 is 60.7 Å². The Hall–Kier alpha value is -1.72. The van der Waals surface area contributed by atoms with Crippen LogP contribution in [0.2, 0.25) is 0 Å². The molecule has 0 spiro atoms. The summed E-state index contributed by atoms with van der Waals surface area (Å²) in [5.41, 5.74) is 0. The van der Waals surface area contributed by atoms with E-state index in [1.807, 2.05) is 0 Å². The van der Waals surface area contributed by atoms with Gasteiger partial charge in [-0.1, -0.05) is 0 Å². The molecular weight excluding hydrogens is 487 g/mol. The van der Waals surface area contributed by atoms with Crippen LogP contribution in [0.1, 0.15) is 6.92 Å². The lowest BCUT2D eigenvalue weighted by molar-refractivity contribution is -0.463. The summed E-state index contributed by atoms with van der Waals surface area (Å²) < 4.78 is 222. The molecule has 2 nitrogen and oxygen atoms in total. The first kappa shape index (κ1) is 28.3. The second kappa shape index (κ2) is 7.16. The van der Waals surface area contributed by atoms with Gasteiger partial charge in [-0.05, 0) is 6.92 Å². The molecule has 0 rings (SSSR count). The topological polar surface area (TPSA) is 26.3 Å². The Labute approximate surface area is 152 Å². The molecule has 0 amide bonds. The molecule has 0 N–H and O–H groups in total. The van der Waals surface area contributed by atoms with E-state index in [2.05, 4.69) is 4.74 Å². The molecule has 0 aliphatic carbocycles. The fourth-order valence-corrected chi connectivity index (χ4v) is 1.58. The SMILES string of the molecule is CC(O[C]=O)C(F)(F)C(F)(F)C(F)(F)C(F)(F)C(F)(F)C(F)(F)C(F)(F)C(F)(F)F. The maximum atomic E-state index is 13.3. The number of rotatable bonds is 9. The lowest BCUT2D eigenvalue weighted by Gasteiger charge is -2.43. The van der Waals surface area contributed by atoms with E-state index in [-0.39, 0.29) is 6.47 Å². The molecule has 19 heteroatoms. The van der Waals surface area contributed by atoms with Crippen LogP contribution in [0.3, 0.4) is 0 Å². The van der Waals surface area contributed by atoms with Crippen LogP contribution in [0, 0.1) is 0 Å². The fraction of sp³-hybridized carbons (Fsp3) is 0.909. The van der Waals surface area contributed by atoms with E-state index in [9.17, 15) is 79.4 Å². The van der Waals surface area contributed by atoms with Gasteiger partial charge in [0.15, 0.2) is 6.10 Å². The van der Waals surface area contributed by atoms with E-state index in [0.29, 0.717) is 0 Å². The van der Waals surface area contributed by atoms with Crippen LogP contribution in [-0.2, 0) is 9.53 Å². The molecule has 0 aromatic carbocycles. The molecule has 0 aliphatic rings. The van der Waals surface area contributed by atoms with Crippen molar-refractivity contribution in [3.8, 4) is 0 Å². The van der Waals surface area contributed by atoms with Crippen LogP contribution in [0.5, 0.6) is 0 Å². The molecule has 0 fully saturated rings. The number of hydrogen-bond acceptors (Lipinski definition) is 2. The van der Waals surface area contributed by atoms with Gasteiger partial charge in [-0.15, -0.1) is 0 Å². The van der Waals surface area contributed by atoms with E-state index in [0.717, 1.165) is 0 Å². The summed E-state index contributed by atoms with van der Waals surface area (Å²) >= 11 is 0. The zero-order valence-corrected chi connectivity index (χ0v) is 13.3. The van der Waals surface area contributed by atoms with Crippen molar-refractivity contribution < 1.29 is 84.2 Å². The molecule has 0 saturated heterocycles. The number of alkyl halides is 17. The Morgan fingerprint density at radius 1 is 0.533 bits per heavy atom. The average molecular weight is 491 g/mol. The first-order valence-corrected chi connectivity index (χ1v) is 6.47. The summed E-state index contributed by atoms with van der Waals surface area (Å²) in [5, 5.41) is 0. The molecule has 0 bridgehead atoms. The van der Waals surface area contributed by atoms with Gasteiger partial charge in [0, 0.05) is 0 Å². The number of halogens is 17. The van der Waals surface area contributed by atoms with Crippen LogP contribution in [0.25, 0.3) is 0 Å². The predicted molar refractivity (Wildman–Crippen MR) is 56.9 cm³/mol. The van der Waals surface area contributed by atoms with Gasteiger partial charge in [0.2, 0.25) is 0 Å². The Morgan fingerprint density at radius 3 is 1.07 bits per heavy atom. The Kier molecular flexibility index (Phi) is 6.75. The third kappa shape index (κ3) is 3.40. The van der Waals surface area contributed by atoms with Gasteiger partial charge in [0.05, 0.1) is 0 Å². The van der Waals surface area contributed by atoms with Crippen molar-refractivity contribution in [3.05, 3.63) is 0 Å². The van der Waals surface area contributed by atoms with Crippen LogP contribution < -0.4 is 0 Å². The van der Waals surface area contributed by atoms with E-state index in [1.54, 1.807) is 0 Å². The van der Waals surface area contributed by atoms with Crippen molar-refractivity contribution in [2.45, 2.75) is 60.7 Å². The summed E-state index contributed by atoms with van der Waals surface area (Å²) in [5.74, 6) is -57.2. The maximum Gasteiger partial charge on any atom is 0.460 e. The number of hydrogen-bond donors (Lipinski definition) is 0. The van der Waals surface area contributed by atoms with Crippen molar-refractivity contribution in [2.24, 2.45) is 0 Å². The van der Waals surface area contributed by atoms with Gasteiger partial charge in [0.1, 0.15) is 0 Å². The number of ether oxygens (including phenoxy) is 1. The summed E-state index contributed by atoms with van der Waals surface area (Å²) in [6.07, 6.45) is -11.7. The highest BCUT2D eigenvalue weighted by Gasteiger charge is 2.95. The van der Waals surface area contributed by atoms with Gasteiger partial charge in [-0.2, -0.15) is 74.6 Å². The molecule has 0 aliphatic heterocycles. The Balaban J connectivity index is 6.73. The van der Waals surface area contributed by atoms with E-state index in [4.69, 9.17) is 0 Å². The largest absolute Gasteiger partial charge is 0.460 e. The minimum absolute atomic E-state index is 0.0612. The van der Waals surface area contributed by atoms with Gasteiger partial charge in [-0.3, -0.25) is 0 Å². The molecule has 0 heterocycles. The van der Waals surface area contributed by atoms with Gasteiger partial charge in [0.25, 0.3) is 0 Å². The quantitative estimate of drug-likeness (QED) is 0.401. The molecule has 0 saturated carbocycles. The number of carbonyl (C=O) groups excluding carboxylic acids is 1. The Bertz CT molecular complexity index is 634. The second-order valence-corrected chi connectivity index (χ2v) is 5.41. The van der Waals surface area contributed by atoms with Crippen molar-refractivity contribution in [3.63, 3.8) is 0 Å². The molecule has 1 unspecified atom stereocenters. The first-order chi connectivity index (χ1) is 12.7. The van der Waals surface area contributed by atoms with Crippen LogP contribution in [0.15, 0.2) is 0 Å². The predicted octanol–water partition coefficient (Wildman–Crippen LogP) is 5.47. The van der Waals surface area contributed by atoms with Crippen molar-refractivity contribution in [1.29, 1.82) is 0 Å². The standard InChI is InChI=1S/C11H4F17O2/c1-3(30-2-29)4(12,13)5(14,15)6(16,17)7(18,19)8(20,21)9(22,23)10(24,25)11(26,27)28/h3H,1H3. The second-order valence-electron chi connectivity index (χ2n) is 5.41. The summed E-state index contributed by atoms with van der Waals surface area (Å²) in [7, 11) is 0. The van der Waals surface area contributed by atoms with Crippen LogP contribution in [0.4, 0.5) is 74.6 Å². The third-order valence-electron chi connectivity index (χ3n) is 3.48. The summed E-state index contributed by atoms with van der Waals surface area (Å²) in [6.45, 7) is -0.480. The summed E-state index contributed by atoms with van der Waals surface area (Å²) in [4.78, 5) is 9.66. The highest BCUT2D eigenvalue weighted by Crippen LogP contribution is 2.64. The Morgan fingerprint density at radius 2 is 0.800 bits per heavy atom. The molecule has 1 atom stereocenters. The zero-order chi connectivity index (χ0) is 25.0. The monoisotopic (exact) mass is 491 g/mol. The highest BCUT2D eigenvalue weighted by molar-refractivity contribution is 5.39. The molecule has 0 aromatic heterocycles. The zero-order valence-electron chi connectivity index (χ0n) is 13.3. The average Bonchev–Trinajstić information content (AvgIpc) is 2.52. The normalized spacial score (nSPS) is 17.0. The van der Waals surface area contributed by atoms with Gasteiger partial charge >= 0.3 is 54.1 Å². The van der Waals surface area contributed by atoms with Crippen molar-refractivity contribution in [2.75, 3.05) is 0 Å². The maximum absolute atomic E-state index is 13.3. The van der Waals surface area contributed by atoms with E-state index in [1.165, 1.54) is 0 Å². The molecule has 0 aromatic rings. The van der Waals surface area contributed by atoms with Gasteiger partial charge in [-0.25, -0.2) is 4.79 Å². The summed E-state index contributed by atoms with van der Waals surface area (Å²) in [6, 6.07) is 0. The molecule has 1 radical (unpaired) electrons. The smallest absolute Gasteiger partial charge is 0.448 e. The van der Waals surface area contributed by atoms with Crippen LogP contribution >= 0.6 is 0 Å².